The van der Waals surface area contributed by atoms with Crippen LogP contribution in [0.15, 0.2) is 47.4 Å². The Morgan fingerprint density at radius 2 is 1.79 bits per heavy atom. The summed E-state index contributed by atoms with van der Waals surface area (Å²) < 4.78 is 95.8. The molecule has 0 atom stereocenters. The average molecular weight is 531 g/mol. The SMILES string of the molecule is O=C(NS(=O)(=O)c1ccccc1OC(F)(F)F)c1nnn(-c2ccc(Cl)cc2Cl)c1C(F)F. The number of aromatic nitrogens is 3. The molecule has 33 heavy (non-hydrogen) atoms. The Hall–Kier alpha value is -2.97. The molecule has 1 amide bonds. The lowest BCUT2D eigenvalue weighted by Crippen LogP contribution is -2.32. The van der Waals surface area contributed by atoms with Crippen LogP contribution in [-0.2, 0) is 10.0 Å². The Bertz CT molecular complexity index is 1310. The number of alkyl halides is 5. The fourth-order valence-corrected chi connectivity index (χ4v) is 4.16. The van der Waals surface area contributed by atoms with Crippen molar-refractivity contribution < 1.29 is 39.9 Å². The fraction of sp³-hybridized carbons (Fsp3) is 0.118. The molecule has 1 heterocycles. The highest BCUT2D eigenvalue weighted by Crippen LogP contribution is 2.31. The molecule has 8 nitrogen and oxygen atoms in total. The normalized spacial score (nSPS) is 12.1. The summed E-state index contributed by atoms with van der Waals surface area (Å²) in [5, 5.41) is 6.75. The Kier molecular flexibility index (Phi) is 6.81. The lowest BCUT2D eigenvalue weighted by molar-refractivity contribution is -0.275. The van der Waals surface area contributed by atoms with Crippen LogP contribution in [0.4, 0.5) is 22.0 Å². The van der Waals surface area contributed by atoms with Gasteiger partial charge >= 0.3 is 6.36 Å². The summed E-state index contributed by atoms with van der Waals surface area (Å²) in [4.78, 5) is 11.4. The standard InChI is InChI=1S/C17H9Cl2F5N4O4S/c18-8-5-6-10(9(19)7-8)28-14(15(20)21)13(25-27-28)16(29)26-33(30,31)12-4-2-1-3-11(12)32-17(22,23)24/h1-7,15H,(H,26,29). The second-order valence-corrected chi connectivity index (χ2v) is 8.56. The minimum absolute atomic E-state index is 0.132. The van der Waals surface area contributed by atoms with Crippen molar-refractivity contribution in [3.63, 3.8) is 0 Å². The van der Waals surface area contributed by atoms with Crippen molar-refractivity contribution in [1.82, 2.24) is 19.7 Å². The van der Waals surface area contributed by atoms with Crippen LogP contribution >= 0.6 is 23.2 Å². The second kappa shape index (κ2) is 9.11. The van der Waals surface area contributed by atoms with E-state index < -0.39 is 50.8 Å². The fourth-order valence-electron chi connectivity index (χ4n) is 2.58. The number of benzene rings is 2. The van der Waals surface area contributed by atoms with E-state index in [2.05, 4.69) is 15.0 Å². The Balaban J connectivity index is 2.00. The molecule has 0 saturated heterocycles. The minimum atomic E-state index is -5.24. The van der Waals surface area contributed by atoms with Crippen molar-refractivity contribution in [2.75, 3.05) is 0 Å². The van der Waals surface area contributed by atoms with Gasteiger partial charge in [-0.05, 0) is 30.3 Å². The first-order valence-corrected chi connectivity index (χ1v) is 10.6. The van der Waals surface area contributed by atoms with E-state index in [0.717, 1.165) is 18.2 Å². The van der Waals surface area contributed by atoms with Crippen molar-refractivity contribution in [2.45, 2.75) is 17.7 Å². The molecule has 176 valence electrons. The first-order chi connectivity index (χ1) is 15.3. The van der Waals surface area contributed by atoms with Gasteiger partial charge in [-0.1, -0.05) is 40.5 Å². The van der Waals surface area contributed by atoms with E-state index in [1.165, 1.54) is 22.9 Å². The molecule has 1 aromatic heterocycles. The monoisotopic (exact) mass is 530 g/mol. The number of para-hydroxylation sites is 1. The molecule has 0 aliphatic rings. The molecular formula is C17H9Cl2F5N4O4S. The van der Waals surface area contributed by atoms with Crippen LogP contribution in [0.2, 0.25) is 10.0 Å². The van der Waals surface area contributed by atoms with Gasteiger partial charge in [-0.3, -0.25) is 4.79 Å². The van der Waals surface area contributed by atoms with Crippen molar-refractivity contribution in [3.05, 3.63) is 63.9 Å². The van der Waals surface area contributed by atoms with E-state index in [4.69, 9.17) is 23.2 Å². The molecule has 3 rings (SSSR count). The van der Waals surface area contributed by atoms with E-state index >= 15 is 0 Å². The molecule has 0 unspecified atom stereocenters. The van der Waals surface area contributed by atoms with Gasteiger partial charge in [0.25, 0.3) is 22.4 Å². The summed E-state index contributed by atoms with van der Waals surface area (Å²) >= 11 is 11.7. The molecule has 0 aliphatic heterocycles. The van der Waals surface area contributed by atoms with E-state index in [1.807, 2.05) is 0 Å². The Morgan fingerprint density at radius 1 is 1.12 bits per heavy atom. The van der Waals surface area contributed by atoms with Gasteiger partial charge in [0.2, 0.25) is 0 Å². The number of rotatable bonds is 6. The average Bonchev–Trinajstić information content (AvgIpc) is 3.12. The number of carbonyl (C=O) groups excluding carboxylic acids is 1. The van der Waals surface area contributed by atoms with Crippen LogP contribution in [0, 0.1) is 0 Å². The molecule has 0 bridgehead atoms. The summed E-state index contributed by atoms with van der Waals surface area (Å²) in [6.07, 6.45) is -8.62. The van der Waals surface area contributed by atoms with Crippen LogP contribution in [0.25, 0.3) is 5.69 Å². The highest BCUT2D eigenvalue weighted by Gasteiger charge is 2.35. The van der Waals surface area contributed by atoms with Crippen molar-refractivity contribution in [2.24, 2.45) is 0 Å². The third-order valence-electron chi connectivity index (χ3n) is 3.86. The molecule has 3 aromatic rings. The van der Waals surface area contributed by atoms with Crippen LogP contribution in [-0.4, -0.2) is 35.7 Å². The van der Waals surface area contributed by atoms with Gasteiger partial charge in [0.1, 0.15) is 16.3 Å². The predicted molar refractivity (Wildman–Crippen MR) is 104 cm³/mol. The lowest BCUT2D eigenvalue weighted by atomic mass is 10.2. The topological polar surface area (TPSA) is 103 Å². The number of carbonyl (C=O) groups is 1. The van der Waals surface area contributed by atoms with Gasteiger partial charge in [0, 0.05) is 5.02 Å². The predicted octanol–water partition coefficient (Wildman–Crippen LogP) is 4.53. The molecule has 16 heteroatoms. The number of sulfonamides is 1. The molecule has 0 spiro atoms. The maximum Gasteiger partial charge on any atom is 0.573 e. The smallest absolute Gasteiger partial charge is 0.404 e. The maximum absolute atomic E-state index is 13.7. The van der Waals surface area contributed by atoms with Crippen molar-refractivity contribution in [3.8, 4) is 11.4 Å². The van der Waals surface area contributed by atoms with Gasteiger partial charge in [0.05, 0.1) is 10.7 Å². The first-order valence-electron chi connectivity index (χ1n) is 8.41. The quantitative estimate of drug-likeness (QED) is 0.469. The van der Waals surface area contributed by atoms with Crippen molar-refractivity contribution in [1.29, 1.82) is 0 Å². The molecule has 1 N–H and O–H groups in total. The van der Waals surface area contributed by atoms with Crippen LogP contribution < -0.4 is 9.46 Å². The highest BCUT2D eigenvalue weighted by atomic mass is 35.5. The number of nitrogens with zero attached hydrogens (tertiary/aromatic N) is 3. The summed E-state index contributed by atoms with van der Waals surface area (Å²) in [6.45, 7) is 0. The number of ether oxygens (including phenoxy) is 1. The highest BCUT2D eigenvalue weighted by molar-refractivity contribution is 7.90. The van der Waals surface area contributed by atoms with Crippen LogP contribution in [0.3, 0.4) is 0 Å². The maximum atomic E-state index is 13.7. The molecule has 0 fully saturated rings. The van der Waals surface area contributed by atoms with Gasteiger partial charge in [-0.15, -0.1) is 18.3 Å². The second-order valence-electron chi connectivity index (χ2n) is 6.06. The van der Waals surface area contributed by atoms with Gasteiger partial charge in [-0.2, -0.15) is 0 Å². The molecule has 2 aromatic carbocycles. The molecular weight excluding hydrogens is 522 g/mol. The lowest BCUT2D eigenvalue weighted by Gasteiger charge is -2.14. The first kappa shape index (κ1) is 24.7. The van der Waals surface area contributed by atoms with E-state index in [-0.39, 0.29) is 15.7 Å². The summed E-state index contributed by atoms with van der Waals surface area (Å²) in [7, 11) is -5.01. The minimum Gasteiger partial charge on any atom is -0.404 e. The largest absolute Gasteiger partial charge is 0.573 e. The van der Waals surface area contributed by atoms with Gasteiger partial charge < -0.3 is 4.74 Å². The number of halogens is 7. The zero-order valence-electron chi connectivity index (χ0n) is 15.6. The molecule has 0 saturated carbocycles. The number of amides is 1. The van der Waals surface area contributed by atoms with Crippen LogP contribution in [0.5, 0.6) is 5.75 Å². The number of nitrogens with one attached hydrogen (secondary N) is 1. The van der Waals surface area contributed by atoms with E-state index in [1.54, 1.807) is 0 Å². The Morgan fingerprint density at radius 3 is 2.39 bits per heavy atom. The van der Waals surface area contributed by atoms with Gasteiger partial charge in [-0.25, -0.2) is 26.6 Å². The third-order valence-corrected chi connectivity index (χ3v) is 5.76. The summed E-state index contributed by atoms with van der Waals surface area (Å²) in [5.74, 6) is -2.82. The zero-order chi connectivity index (χ0) is 24.6. The van der Waals surface area contributed by atoms with E-state index in [9.17, 15) is 35.2 Å². The van der Waals surface area contributed by atoms with E-state index in [0.29, 0.717) is 10.7 Å². The summed E-state index contributed by atoms with van der Waals surface area (Å²) in [5.41, 5.74) is -2.37. The van der Waals surface area contributed by atoms with Crippen molar-refractivity contribution >= 4 is 39.1 Å². The number of hydrogen-bond donors (Lipinski definition) is 1. The zero-order valence-corrected chi connectivity index (χ0v) is 18.0. The number of hydrogen-bond acceptors (Lipinski definition) is 6. The van der Waals surface area contributed by atoms with Crippen LogP contribution in [0.1, 0.15) is 22.6 Å². The molecule has 0 radical (unpaired) electrons. The summed E-state index contributed by atoms with van der Waals surface area (Å²) in [6, 6.07) is 7.22. The van der Waals surface area contributed by atoms with Gasteiger partial charge in [0.15, 0.2) is 5.69 Å². The molecule has 0 aliphatic carbocycles. The Labute approximate surface area is 191 Å². The third kappa shape index (κ3) is 5.51.